The summed E-state index contributed by atoms with van der Waals surface area (Å²) < 4.78 is 6.68. The van der Waals surface area contributed by atoms with Gasteiger partial charge in [-0.2, -0.15) is 5.10 Å². The molecule has 1 N–H and O–H groups in total. The fourth-order valence-electron chi connectivity index (χ4n) is 2.32. The average Bonchev–Trinajstić information content (AvgIpc) is 2.92. The fourth-order valence-corrected chi connectivity index (χ4v) is 2.32. The van der Waals surface area contributed by atoms with Crippen LogP contribution in [0.5, 0.6) is 0 Å². The summed E-state index contributed by atoms with van der Waals surface area (Å²) in [5.41, 5.74) is 3.29. The van der Waals surface area contributed by atoms with Gasteiger partial charge in [-0.05, 0) is 36.6 Å². The van der Waals surface area contributed by atoms with E-state index in [2.05, 4.69) is 22.5 Å². The van der Waals surface area contributed by atoms with Gasteiger partial charge in [-0.3, -0.25) is 9.48 Å². The molecule has 117 valence electrons. The molecule has 2 rings (SSSR count). The van der Waals surface area contributed by atoms with Crippen molar-refractivity contribution in [3.63, 3.8) is 0 Å². The van der Waals surface area contributed by atoms with Gasteiger partial charge < -0.3 is 10.1 Å². The van der Waals surface area contributed by atoms with Crippen LogP contribution in [0.1, 0.15) is 18.9 Å². The first kappa shape index (κ1) is 16.2. The first-order chi connectivity index (χ1) is 10.6. The lowest BCUT2D eigenvalue weighted by atomic mass is 10.0. The molecule has 22 heavy (non-hydrogen) atoms. The maximum Gasteiger partial charge on any atom is 0.222 e. The molecule has 1 aromatic heterocycles. The van der Waals surface area contributed by atoms with E-state index in [4.69, 9.17) is 4.74 Å². The second-order valence-corrected chi connectivity index (χ2v) is 5.45. The molecule has 1 heterocycles. The van der Waals surface area contributed by atoms with Crippen molar-refractivity contribution >= 4 is 5.91 Å². The van der Waals surface area contributed by atoms with Crippen LogP contribution in [0.3, 0.4) is 0 Å². The van der Waals surface area contributed by atoms with E-state index in [0.717, 1.165) is 23.1 Å². The maximum atomic E-state index is 11.7. The molecule has 5 heteroatoms. The number of benzene rings is 1. The first-order valence-electron chi connectivity index (χ1n) is 7.36. The van der Waals surface area contributed by atoms with E-state index in [-0.39, 0.29) is 11.9 Å². The van der Waals surface area contributed by atoms with Crippen LogP contribution < -0.4 is 5.32 Å². The highest BCUT2D eigenvalue weighted by molar-refractivity contribution is 5.76. The van der Waals surface area contributed by atoms with E-state index >= 15 is 0 Å². The number of methoxy groups -OCH3 is 1. The van der Waals surface area contributed by atoms with Crippen LogP contribution in [-0.2, 0) is 23.0 Å². The molecule has 1 atom stereocenters. The van der Waals surface area contributed by atoms with Gasteiger partial charge in [-0.15, -0.1) is 0 Å². The number of hydrogen-bond donors (Lipinski definition) is 1. The predicted molar refractivity (Wildman–Crippen MR) is 85.3 cm³/mol. The fraction of sp³-hybridized carbons (Fsp3) is 0.412. The van der Waals surface area contributed by atoms with Gasteiger partial charge in [0.1, 0.15) is 0 Å². The number of nitrogens with zero attached hydrogens (tertiary/aromatic N) is 2. The summed E-state index contributed by atoms with van der Waals surface area (Å²) in [6.07, 6.45) is 4.97. The van der Waals surface area contributed by atoms with Gasteiger partial charge in [0.05, 0.1) is 12.8 Å². The largest absolute Gasteiger partial charge is 0.384 e. The van der Waals surface area contributed by atoms with Crippen LogP contribution in [-0.4, -0.2) is 35.4 Å². The second-order valence-electron chi connectivity index (χ2n) is 5.45. The predicted octanol–water partition coefficient (Wildman–Crippen LogP) is 1.97. The molecule has 1 aromatic carbocycles. The number of carbonyl (C=O) groups excluding carboxylic acids is 1. The molecule has 0 aliphatic carbocycles. The second kappa shape index (κ2) is 7.75. The van der Waals surface area contributed by atoms with Crippen molar-refractivity contribution in [2.24, 2.45) is 7.05 Å². The summed E-state index contributed by atoms with van der Waals surface area (Å²) in [5, 5.41) is 7.16. The van der Waals surface area contributed by atoms with Gasteiger partial charge >= 0.3 is 0 Å². The Kier molecular flexibility index (Phi) is 5.72. The summed E-state index contributed by atoms with van der Waals surface area (Å²) in [4.78, 5) is 11.7. The molecule has 0 saturated carbocycles. The van der Waals surface area contributed by atoms with Gasteiger partial charge in [0.15, 0.2) is 0 Å². The summed E-state index contributed by atoms with van der Waals surface area (Å²) in [6.45, 7) is 2.45. The lowest BCUT2D eigenvalue weighted by Crippen LogP contribution is -2.34. The third kappa shape index (κ3) is 4.70. The number of carbonyl (C=O) groups is 1. The third-order valence-electron chi connectivity index (χ3n) is 3.37. The Morgan fingerprint density at radius 3 is 2.95 bits per heavy atom. The van der Waals surface area contributed by atoms with Crippen molar-refractivity contribution in [1.29, 1.82) is 0 Å². The van der Waals surface area contributed by atoms with E-state index in [1.807, 2.05) is 38.5 Å². The molecule has 0 aliphatic heterocycles. The highest BCUT2D eigenvalue weighted by Gasteiger charge is 2.09. The summed E-state index contributed by atoms with van der Waals surface area (Å²) >= 11 is 0. The topological polar surface area (TPSA) is 56.1 Å². The summed E-state index contributed by atoms with van der Waals surface area (Å²) in [6, 6.07) is 9.25. The average molecular weight is 300 g/mol. The number of aromatic nitrogens is 2. The lowest BCUT2D eigenvalue weighted by molar-refractivity contribution is -0.122. The van der Waals surface area contributed by atoms with E-state index in [9.17, 15) is 4.79 Å². The normalized spacial score (nSPS) is 12.1. The van der Waals surface area contributed by atoms with Crippen LogP contribution >= 0.6 is 0 Å². The number of hydrogen-bond acceptors (Lipinski definition) is 3. The molecule has 0 aliphatic rings. The van der Waals surface area contributed by atoms with Crippen molar-refractivity contribution in [1.82, 2.24) is 15.1 Å². The van der Waals surface area contributed by atoms with Gasteiger partial charge in [-0.1, -0.05) is 12.1 Å². The van der Waals surface area contributed by atoms with E-state index < -0.39 is 0 Å². The molecule has 1 amide bonds. The standard InChI is InChI=1S/C17H22N3O2/c1-13(19-17(21)7-8-22-3)9-14-5-4-6-15(10-14)16-11-18-20(2)12-16/h5-6,10-13H,7-9H2,1-3H3,(H,19,21). The van der Waals surface area contributed by atoms with Crippen LogP contribution in [0.15, 0.2) is 30.6 Å². The number of aryl methyl sites for hydroxylation is 1. The maximum absolute atomic E-state index is 11.7. The van der Waals surface area contributed by atoms with Crippen molar-refractivity contribution in [3.05, 3.63) is 42.2 Å². The number of amides is 1. The molecule has 0 saturated heterocycles. The van der Waals surface area contributed by atoms with Gasteiger partial charge in [0.25, 0.3) is 0 Å². The van der Waals surface area contributed by atoms with Gasteiger partial charge in [0, 0.05) is 38.4 Å². The number of rotatable bonds is 7. The lowest BCUT2D eigenvalue weighted by Gasteiger charge is -2.14. The molecule has 1 unspecified atom stereocenters. The highest BCUT2D eigenvalue weighted by atomic mass is 16.5. The molecule has 0 fully saturated rings. The Hall–Kier alpha value is -2.14. The number of nitrogens with one attached hydrogen (secondary N) is 1. The molecule has 0 bridgehead atoms. The summed E-state index contributed by atoms with van der Waals surface area (Å²) in [5.74, 6) is 0.0155. The molecule has 0 spiro atoms. The van der Waals surface area contributed by atoms with Crippen molar-refractivity contribution in [3.8, 4) is 11.1 Å². The van der Waals surface area contributed by atoms with E-state index in [1.54, 1.807) is 11.8 Å². The first-order valence-corrected chi connectivity index (χ1v) is 7.36. The Balaban J connectivity index is 1.97. The van der Waals surface area contributed by atoms with Crippen LogP contribution in [0, 0.1) is 6.07 Å². The smallest absolute Gasteiger partial charge is 0.222 e. The van der Waals surface area contributed by atoms with Crippen LogP contribution in [0.4, 0.5) is 0 Å². The minimum absolute atomic E-state index is 0.0155. The van der Waals surface area contributed by atoms with Crippen molar-refractivity contribution in [2.75, 3.05) is 13.7 Å². The number of ether oxygens (including phenoxy) is 1. The highest BCUT2D eigenvalue weighted by Crippen LogP contribution is 2.19. The Labute approximate surface area is 131 Å². The Morgan fingerprint density at radius 1 is 1.45 bits per heavy atom. The zero-order chi connectivity index (χ0) is 15.9. The van der Waals surface area contributed by atoms with Crippen molar-refractivity contribution < 1.29 is 9.53 Å². The Morgan fingerprint density at radius 2 is 2.27 bits per heavy atom. The van der Waals surface area contributed by atoms with Gasteiger partial charge in [-0.25, -0.2) is 0 Å². The molecule has 5 nitrogen and oxygen atoms in total. The Bertz CT molecular complexity index is 622. The van der Waals surface area contributed by atoms with Gasteiger partial charge in [0.2, 0.25) is 5.91 Å². The molecular weight excluding hydrogens is 278 g/mol. The molecule has 2 aromatic rings. The van der Waals surface area contributed by atoms with Crippen molar-refractivity contribution in [2.45, 2.75) is 25.8 Å². The minimum atomic E-state index is 0.0155. The third-order valence-corrected chi connectivity index (χ3v) is 3.37. The van der Waals surface area contributed by atoms with E-state index in [1.165, 1.54) is 0 Å². The van der Waals surface area contributed by atoms with E-state index in [0.29, 0.717) is 13.0 Å². The zero-order valence-electron chi connectivity index (χ0n) is 13.3. The quantitative estimate of drug-likeness (QED) is 0.850. The van der Waals surface area contributed by atoms with Crippen LogP contribution in [0.2, 0.25) is 0 Å². The monoisotopic (exact) mass is 300 g/mol. The summed E-state index contributed by atoms with van der Waals surface area (Å²) in [7, 11) is 3.49. The minimum Gasteiger partial charge on any atom is -0.384 e. The zero-order valence-corrected chi connectivity index (χ0v) is 13.3. The molecule has 1 radical (unpaired) electrons. The SMILES string of the molecule is COCCC(=O)NC(C)Cc1c[c]cc(-c2cnn(C)c2)c1. The van der Waals surface area contributed by atoms with Crippen LogP contribution in [0.25, 0.3) is 11.1 Å². The molecular formula is C17H22N3O2.